The summed E-state index contributed by atoms with van der Waals surface area (Å²) in [6.07, 6.45) is 2.81. The van der Waals surface area contributed by atoms with E-state index in [2.05, 4.69) is 20.8 Å². The Morgan fingerprint density at radius 1 is 0.556 bits per heavy atom. The lowest BCUT2D eigenvalue weighted by molar-refractivity contribution is 0.870. The van der Waals surface area contributed by atoms with Crippen molar-refractivity contribution in [3.05, 3.63) is 33.4 Å². The highest BCUT2D eigenvalue weighted by molar-refractivity contribution is 5.51. The third-order valence-electron chi connectivity index (χ3n) is 3.90. The SMILES string of the molecule is Cc1c(CCN)c(C)c(CCN)c(C)c1CCN. The fourth-order valence-electron chi connectivity index (χ4n) is 2.95. The van der Waals surface area contributed by atoms with Gasteiger partial charge in [0.1, 0.15) is 0 Å². The van der Waals surface area contributed by atoms with Crippen LogP contribution >= 0.6 is 0 Å². The first-order valence-electron chi connectivity index (χ1n) is 6.79. The molecule has 18 heavy (non-hydrogen) atoms. The second kappa shape index (κ2) is 6.88. The lowest BCUT2D eigenvalue weighted by Gasteiger charge is -2.22. The zero-order valence-corrected chi connectivity index (χ0v) is 12.0. The highest BCUT2D eigenvalue weighted by atomic mass is 14.5. The fraction of sp³-hybridized carbons (Fsp3) is 0.600. The molecule has 0 amide bonds. The average Bonchev–Trinajstić information content (AvgIpc) is 2.35. The molecular formula is C15H27N3. The third-order valence-corrected chi connectivity index (χ3v) is 3.90. The van der Waals surface area contributed by atoms with E-state index in [4.69, 9.17) is 17.2 Å². The molecular weight excluding hydrogens is 222 g/mol. The zero-order valence-electron chi connectivity index (χ0n) is 12.0. The normalized spacial score (nSPS) is 11.0. The molecule has 0 saturated carbocycles. The van der Waals surface area contributed by atoms with Crippen molar-refractivity contribution >= 4 is 0 Å². The van der Waals surface area contributed by atoms with Crippen molar-refractivity contribution in [2.75, 3.05) is 19.6 Å². The molecule has 1 aromatic carbocycles. The van der Waals surface area contributed by atoms with Crippen LogP contribution in [0.1, 0.15) is 33.4 Å². The van der Waals surface area contributed by atoms with Gasteiger partial charge >= 0.3 is 0 Å². The van der Waals surface area contributed by atoms with Gasteiger partial charge in [-0.3, -0.25) is 0 Å². The highest BCUT2D eigenvalue weighted by Crippen LogP contribution is 2.28. The third kappa shape index (κ3) is 2.91. The summed E-state index contributed by atoms with van der Waals surface area (Å²) >= 11 is 0. The van der Waals surface area contributed by atoms with Gasteiger partial charge in [-0.1, -0.05) is 0 Å². The Morgan fingerprint density at radius 2 is 0.778 bits per heavy atom. The van der Waals surface area contributed by atoms with E-state index in [1.807, 2.05) is 0 Å². The molecule has 0 aliphatic heterocycles. The molecule has 0 heterocycles. The highest BCUT2D eigenvalue weighted by Gasteiger charge is 2.15. The van der Waals surface area contributed by atoms with Gasteiger partial charge in [-0.15, -0.1) is 0 Å². The predicted molar refractivity (Wildman–Crippen MR) is 78.9 cm³/mol. The molecule has 3 heteroatoms. The van der Waals surface area contributed by atoms with Gasteiger partial charge in [0, 0.05) is 0 Å². The Labute approximate surface area is 111 Å². The summed E-state index contributed by atoms with van der Waals surface area (Å²) < 4.78 is 0. The van der Waals surface area contributed by atoms with Gasteiger partial charge in [0.15, 0.2) is 0 Å². The van der Waals surface area contributed by atoms with Crippen LogP contribution in [0.3, 0.4) is 0 Å². The van der Waals surface area contributed by atoms with Crippen molar-refractivity contribution < 1.29 is 0 Å². The van der Waals surface area contributed by atoms with Gasteiger partial charge < -0.3 is 17.2 Å². The molecule has 0 aliphatic rings. The minimum atomic E-state index is 0.689. The van der Waals surface area contributed by atoms with Crippen LogP contribution in [0, 0.1) is 20.8 Å². The van der Waals surface area contributed by atoms with Gasteiger partial charge in [-0.05, 0) is 93.0 Å². The smallest absolute Gasteiger partial charge is 0.00365 e. The van der Waals surface area contributed by atoms with Crippen molar-refractivity contribution in [1.29, 1.82) is 0 Å². The molecule has 0 radical (unpaired) electrons. The molecule has 1 rings (SSSR count). The van der Waals surface area contributed by atoms with Crippen LogP contribution in [0.2, 0.25) is 0 Å². The largest absolute Gasteiger partial charge is 0.330 e. The van der Waals surface area contributed by atoms with E-state index in [0.29, 0.717) is 19.6 Å². The average molecular weight is 249 g/mol. The van der Waals surface area contributed by atoms with E-state index in [-0.39, 0.29) is 0 Å². The Hall–Kier alpha value is -0.900. The molecule has 0 unspecified atom stereocenters. The van der Waals surface area contributed by atoms with E-state index < -0.39 is 0 Å². The Bertz CT molecular complexity index is 328. The summed E-state index contributed by atoms with van der Waals surface area (Å²) in [5.41, 5.74) is 25.5. The minimum Gasteiger partial charge on any atom is -0.330 e. The van der Waals surface area contributed by atoms with Crippen molar-refractivity contribution in [2.24, 2.45) is 17.2 Å². The maximum absolute atomic E-state index is 5.74. The molecule has 0 bridgehead atoms. The summed E-state index contributed by atoms with van der Waals surface area (Å²) in [4.78, 5) is 0. The second-order valence-electron chi connectivity index (χ2n) is 4.93. The number of hydrogen-bond donors (Lipinski definition) is 3. The first-order valence-corrected chi connectivity index (χ1v) is 6.79. The van der Waals surface area contributed by atoms with Crippen LogP contribution in [0.5, 0.6) is 0 Å². The van der Waals surface area contributed by atoms with Gasteiger partial charge in [0.25, 0.3) is 0 Å². The number of nitrogens with two attached hydrogens (primary N) is 3. The molecule has 0 spiro atoms. The van der Waals surface area contributed by atoms with Crippen LogP contribution in [0.15, 0.2) is 0 Å². The van der Waals surface area contributed by atoms with Crippen molar-refractivity contribution in [1.82, 2.24) is 0 Å². The van der Waals surface area contributed by atoms with Gasteiger partial charge in [-0.2, -0.15) is 0 Å². The predicted octanol–water partition coefficient (Wildman–Crippen LogP) is 1.12. The Balaban J connectivity index is 3.42. The minimum absolute atomic E-state index is 0.689. The maximum atomic E-state index is 5.74. The molecule has 0 fully saturated rings. The van der Waals surface area contributed by atoms with E-state index in [1.54, 1.807) is 0 Å². The first-order chi connectivity index (χ1) is 8.58. The summed E-state index contributed by atoms with van der Waals surface area (Å²) in [6, 6.07) is 0. The van der Waals surface area contributed by atoms with Crippen LogP contribution in [-0.2, 0) is 19.3 Å². The zero-order chi connectivity index (χ0) is 13.7. The van der Waals surface area contributed by atoms with E-state index >= 15 is 0 Å². The number of benzene rings is 1. The lowest BCUT2D eigenvalue weighted by Crippen LogP contribution is -2.16. The summed E-state index contributed by atoms with van der Waals surface area (Å²) in [5.74, 6) is 0. The summed E-state index contributed by atoms with van der Waals surface area (Å²) in [5, 5.41) is 0. The summed E-state index contributed by atoms with van der Waals surface area (Å²) in [6.45, 7) is 8.66. The van der Waals surface area contributed by atoms with Crippen LogP contribution in [0.4, 0.5) is 0 Å². The molecule has 0 aromatic heterocycles. The molecule has 102 valence electrons. The Morgan fingerprint density at radius 3 is 0.944 bits per heavy atom. The van der Waals surface area contributed by atoms with E-state index in [0.717, 1.165) is 19.3 Å². The Kier molecular flexibility index (Phi) is 5.79. The molecule has 0 saturated heterocycles. The van der Waals surface area contributed by atoms with Crippen LogP contribution in [0.25, 0.3) is 0 Å². The first kappa shape index (κ1) is 15.2. The number of rotatable bonds is 6. The van der Waals surface area contributed by atoms with Gasteiger partial charge in [0.2, 0.25) is 0 Å². The summed E-state index contributed by atoms with van der Waals surface area (Å²) in [7, 11) is 0. The van der Waals surface area contributed by atoms with Crippen molar-refractivity contribution in [3.8, 4) is 0 Å². The monoisotopic (exact) mass is 249 g/mol. The van der Waals surface area contributed by atoms with Crippen LogP contribution in [-0.4, -0.2) is 19.6 Å². The van der Waals surface area contributed by atoms with Crippen molar-refractivity contribution in [2.45, 2.75) is 40.0 Å². The molecule has 0 atom stereocenters. The molecule has 1 aromatic rings. The molecule has 0 aliphatic carbocycles. The fourth-order valence-corrected chi connectivity index (χ4v) is 2.95. The van der Waals surface area contributed by atoms with Crippen molar-refractivity contribution in [3.63, 3.8) is 0 Å². The van der Waals surface area contributed by atoms with E-state index in [1.165, 1.54) is 33.4 Å². The number of hydrogen-bond acceptors (Lipinski definition) is 3. The van der Waals surface area contributed by atoms with Gasteiger partial charge in [-0.25, -0.2) is 0 Å². The topological polar surface area (TPSA) is 78.1 Å². The van der Waals surface area contributed by atoms with E-state index in [9.17, 15) is 0 Å². The quantitative estimate of drug-likeness (QED) is 0.707. The molecule has 3 nitrogen and oxygen atoms in total. The molecule has 6 N–H and O–H groups in total. The standard InChI is InChI=1S/C15H27N3/c1-10-13(4-7-16)11(2)15(6-9-18)12(3)14(10)5-8-17/h4-9,16-18H2,1-3H3. The van der Waals surface area contributed by atoms with Crippen LogP contribution < -0.4 is 17.2 Å². The van der Waals surface area contributed by atoms with Gasteiger partial charge in [0.05, 0.1) is 0 Å². The lowest BCUT2D eigenvalue weighted by atomic mass is 9.84. The maximum Gasteiger partial charge on any atom is -0.00365 e. The second-order valence-corrected chi connectivity index (χ2v) is 4.93.